The van der Waals surface area contributed by atoms with Crippen LogP contribution in [0.25, 0.3) is 22.2 Å². The highest BCUT2D eigenvalue weighted by Gasteiger charge is 2.33. The van der Waals surface area contributed by atoms with Crippen LogP contribution in [-0.4, -0.2) is 29.6 Å². The summed E-state index contributed by atoms with van der Waals surface area (Å²) < 4.78 is 37.1. The van der Waals surface area contributed by atoms with Gasteiger partial charge in [-0.15, -0.1) is 0 Å². The van der Waals surface area contributed by atoms with Crippen LogP contribution in [0.2, 0.25) is 0 Å². The highest BCUT2D eigenvalue weighted by molar-refractivity contribution is 5.94. The van der Waals surface area contributed by atoms with Gasteiger partial charge in [-0.2, -0.15) is 5.26 Å². The summed E-state index contributed by atoms with van der Waals surface area (Å²) >= 11 is 0. The summed E-state index contributed by atoms with van der Waals surface area (Å²) in [7, 11) is 1.43. The molecule has 5 rings (SSSR count). The number of fused-ring (bicyclic) bond motifs is 2. The Morgan fingerprint density at radius 1 is 1.21 bits per heavy atom. The molecule has 9 heteroatoms. The first-order chi connectivity index (χ1) is 18.3. The lowest BCUT2D eigenvalue weighted by molar-refractivity contribution is 0.0757. The van der Waals surface area contributed by atoms with E-state index in [-0.39, 0.29) is 24.6 Å². The van der Waals surface area contributed by atoms with E-state index in [1.807, 2.05) is 12.1 Å². The van der Waals surface area contributed by atoms with Gasteiger partial charge in [-0.1, -0.05) is 12.1 Å². The van der Waals surface area contributed by atoms with Crippen LogP contribution >= 0.6 is 0 Å². The smallest absolute Gasteiger partial charge is 0.263 e. The summed E-state index contributed by atoms with van der Waals surface area (Å²) in [6.45, 7) is 2.66. The van der Waals surface area contributed by atoms with E-state index in [1.54, 1.807) is 43.5 Å². The molecular formula is C29H24F2N4O3. The molecule has 2 aromatic carbocycles. The molecule has 0 aliphatic carbocycles. The zero-order valence-corrected chi connectivity index (χ0v) is 20.8. The van der Waals surface area contributed by atoms with Crippen LogP contribution in [0.4, 0.5) is 8.78 Å². The standard InChI is InChI=1S/C29H24F2N4O3/c1-29(15-32)16-38-14-20-4-3-18(9-23(20)29)28(36)34-13-21-11-25-19(12-33-21)6-8-24(35-25)22-7-5-17(27(30)31)10-26(22)37-2/h3-12,27H,13-14,16H2,1-2H3,(H,34,36)/t29-/m1/s1. The monoisotopic (exact) mass is 514 g/mol. The number of benzene rings is 2. The lowest BCUT2D eigenvalue weighted by Crippen LogP contribution is -2.33. The normalized spacial score (nSPS) is 16.6. The Labute approximate surface area is 218 Å². The molecule has 1 aliphatic rings. The first kappa shape index (κ1) is 25.2. The van der Waals surface area contributed by atoms with Gasteiger partial charge in [0.15, 0.2) is 0 Å². The Morgan fingerprint density at radius 3 is 2.82 bits per heavy atom. The van der Waals surface area contributed by atoms with Crippen molar-refractivity contribution in [3.05, 3.63) is 88.7 Å². The van der Waals surface area contributed by atoms with Crippen LogP contribution in [0.3, 0.4) is 0 Å². The summed E-state index contributed by atoms with van der Waals surface area (Å²) in [5.41, 5.74) is 3.61. The zero-order valence-electron chi connectivity index (χ0n) is 20.8. The first-order valence-electron chi connectivity index (χ1n) is 11.9. The third-order valence-corrected chi connectivity index (χ3v) is 6.68. The molecule has 4 aromatic rings. The number of rotatable bonds is 6. The predicted molar refractivity (Wildman–Crippen MR) is 137 cm³/mol. The van der Waals surface area contributed by atoms with E-state index in [0.29, 0.717) is 40.4 Å². The van der Waals surface area contributed by atoms with Crippen LogP contribution in [0.1, 0.15) is 46.1 Å². The van der Waals surface area contributed by atoms with E-state index in [9.17, 15) is 18.8 Å². The van der Waals surface area contributed by atoms with Gasteiger partial charge in [0.2, 0.25) is 0 Å². The van der Waals surface area contributed by atoms with Gasteiger partial charge in [0.1, 0.15) is 11.2 Å². The van der Waals surface area contributed by atoms with Crippen LogP contribution in [0, 0.1) is 11.3 Å². The molecule has 0 radical (unpaired) electrons. The fraction of sp³-hybridized carbons (Fsp3) is 0.241. The highest BCUT2D eigenvalue weighted by Crippen LogP contribution is 2.34. The minimum atomic E-state index is -2.60. The fourth-order valence-electron chi connectivity index (χ4n) is 4.53. The van der Waals surface area contributed by atoms with Gasteiger partial charge in [-0.3, -0.25) is 9.78 Å². The maximum absolute atomic E-state index is 13.1. The molecule has 0 saturated heterocycles. The largest absolute Gasteiger partial charge is 0.496 e. The second-order valence-corrected chi connectivity index (χ2v) is 9.32. The molecule has 7 nitrogen and oxygen atoms in total. The number of pyridine rings is 2. The van der Waals surface area contributed by atoms with Crippen molar-refractivity contribution in [3.8, 4) is 23.1 Å². The molecule has 2 aromatic heterocycles. The number of methoxy groups -OCH3 is 1. The topological polar surface area (TPSA) is 97.1 Å². The average Bonchev–Trinajstić information content (AvgIpc) is 2.95. The number of hydrogen-bond donors (Lipinski definition) is 1. The maximum atomic E-state index is 13.1. The Hall–Kier alpha value is -4.42. The van der Waals surface area contributed by atoms with E-state index in [4.69, 9.17) is 9.47 Å². The van der Waals surface area contributed by atoms with Crippen molar-refractivity contribution in [2.45, 2.75) is 31.9 Å². The summed E-state index contributed by atoms with van der Waals surface area (Å²) in [5, 5.41) is 13.3. The number of carbonyl (C=O) groups is 1. The average molecular weight is 515 g/mol. The van der Waals surface area contributed by atoms with E-state index in [1.165, 1.54) is 19.2 Å². The molecule has 3 heterocycles. The molecule has 1 N–H and O–H groups in total. The summed E-state index contributed by atoms with van der Waals surface area (Å²) in [6.07, 6.45) is -0.931. The quantitative estimate of drug-likeness (QED) is 0.366. The van der Waals surface area contributed by atoms with Crippen molar-refractivity contribution in [2.75, 3.05) is 13.7 Å². The molecule has 38 heavy (non-hydrogen) atoms. The summed E-state index contributed by atoms with van der Waals surface area (Å²) in [4.78, 5) is 22.0. The maximum Gasteiger partial charge on any atom is 0.263 e. The minimum absolute atomic E-state index is 0.127. The number of hydrogen-bond acceptors (Lipinski definition) is 6. The van der Waals surface area contributed by atoms with E-state index in [0.717, 1.165) is 16.5 Å². The van der Waals surface area contributed by atoms with Crippen molar-refractivity contribution >= 4 is 16.8 Å². The Balaban J connectivity index is 1.36. The number of nitriles is 1. The van der Waals surface area contributed by atoms with Gasteiger partial charge >= 0.3 is 0 Å². The highest BCUT2D eigenvalue weighted by atomic mass is 19.3. The summed E-state index contributed by atoms with van der Waals surface area (Å²) in [5.74, 6) is 0.0207. The first-order valence-corrected chi connectivity index (χ1v) is 11.9. The zero-order chi connectivity index (χ0) is 26.9. The van der Waals surface area contributed by atoms with E-state index < -0.39 is 11.8 Å². The third kappa shape index (κ3) is 4.78. The molecular weight excluding hydrogens is 490 g/mol. The van der Waals surface area contributed by atoms with Gasteiger partial charge in [0, 0.05) is 28.3 Å². The third-order valence-electron chi connectivity index (χ3n) is 6.68. The van der Waals surface area contributed by atoms with Gasteiger partial charge in [0.25, 0.3) is 12.3 Å². The number of carbonyl (C=O) groups excluding carboxylic acids is 1. The van der Waals surface area contributed by atoms with Crippen LogP contribution < -0.4 is 10.1 Å². The van der Waals surface area contributed by atoms with Gasteiger partial charge < -0.3 is 14.8 Å². The molecule has 0 spiro atoms. The van der Waals surface area contributed by atoms with Crippen molar-refractivity contribution in [2.24, 2.45) is 0 Å². The Bertz CT molecular complexity index is 1580. The molecule has 1 amide bonds. The predicted octanol–water partition coefficient (Wildman–Crippen LogP) is 5.48. The summed E-state index contributed by atoms with van der Waals surface area (Å²) in [6, 6.07) is 17.2. The van der Waals surface area contributed by atoms with Crippen LogP contribution in [0.15, 0.2) is 60.8 Å². The fourth-order valence-corrected chi connectivity index (χ4v) is 4.53. The number of nitrogens with zero attached hydrogens (tertiary/aromatic N) is 3. The number of amides is 1. The van der Waals surface area contributed by atoms with Crippen molar-refractivity contribution in [1.29, 1.82) is 5.26 Å². The molecule has 0 saturated carbocycles. The molecule has 1 atom stereocenters. The molecule has 0 fully saturated rings. The second-order valence-electron chi connectivity index (χ2n) is 9.32. The van der Waals surface area contributed by atoms with Crippen LogP contribution in [-0.2, 0) is 23.3 Å². The molecule has 192 valence electrons. The number of aromatic nitrogens is 2. The second kappa shape index (κ2) is 10.1. The number of nitrogens with one attached hydrogen (secondary N) is 1. The molecule has 0 bridgehead atoms. The van der Waals surface area contributed by atoms with Crippen molar-refractivity contribution < 1.29 is 23.0 Å². The lowest BCUT2D eigenvalue weighted by atomic mass is 9.79. The number of alkyl halides is 2. The molecule has 0 unspecified atom stereocenters. The number of ether oxygens (including phenoxy) is 2. The van der Waals surface area contributed by atoms with E-state index in [2.05, 4.69) is 21.4 Å². The van der Waals surface area contributed by atoms with Crippen molar-refractivity contribution in [1.82, 2.24) is 15.3 Å². The Morgan fingerprint density at radius 2 is 2.05 bits per heavy atom. The lowest BCUT2D eigenvalue weighted by Gasteiger charge is -2.30. The number of halogens is 2. The van der Waals surface area contributed by atoms with Gasteiger partial charge in [-0.25, -0.2) is 13.8 Å². The minimum Gasteiger partial charge on any atom is -0.496 e. The van der Waals surface area contributed by atoms with Crippen LogP contribution in [0.5, 0.6) is 5.75 Å². The van der Waals surface area contributed by atoms with Crippen molar-refractivity contribution in [3.63, 3.8) is 0 Å². The molecule has 1 aliphatic heterocycles. The SMILES string of the molecule is COc1cc(C(F)F)ccc1-c1ccc2cnc(CNC(=O)c3ccc4c(c3)[C@](C)(C#N)COC4)cc2n1. The van der Waals surface area contributed by atoms with E-state index >= 15 is 0 Å². The van der Waals surface area contributed by atoms with Gasteiger partial charge in [-0.05, 0) is 60.5 Å². The Kier molecular flexibility index (Phi) is 6.74. The van der Waals surface area contributed by atoms with Gasteiger partial charge in [0.05, 0.1) is 49.8 Å².